The van der Waals surface area contributed by atoms with Crippen molar-refractivity contribution in [3.05, 3.63) is 53.1 Å². The number of allylic oxidation sites excluding steroid dienone is 4. The summed E-state index contributed by atoms with van der Waals surface area (Å²) in [6.07, 6.45) is 9.58. The third-order valence-corrected chi connectivity index (χ3v) is 8.50. The molecule has 26 heavy (non-hydrogen) atoms. The summed E-state index contributed by atoms with van der Waals surface area (Å²) in [4.78, 5) is 0. The minimum atomic E-state index is -1.23. The quantitative estimate of drug-likeness (QED) is 0.479. The lowest BCUT2D eigenvalue weighted by Crippen LogP contribution is -2.29. The van der Waals surface area contributed by atoms with Gasteiger partial charge in [0.1, 0.15) is 5.75 Å². The minimum absolute atomic E-state index is 0.0253. The number of rotatable bonds is 6. The van der Waals surface area contributed by atoms with Crippen LogP contribution < -0.4 is 4.74 Å². The second kappa shape index (κ2) is 7.38. The van der Waals surface area contributed by atoms with Crippen LogP contribution in [-0.2, 0) is 10.8 Å². The van der Waals surface area contributed by atoms with E-state index in [9.17, 15) is 0 Å². The highest BCUT2D eigenvalue weighted by Crippen LogP contribution is 2.49. The molecule has 0 aliphatic heterocycles. The Kier molecular flexibility index (Phi) is 5.97. The molecule has 1 aliphatic carbocycles. The standard InChI is InChI=1S/C24H38OSi/c1-10-24(11-2,18-15-16-19(17-18)26(7,8)9)21-14-12-13-20(22(21)25-6)23(3,4)5/h12-17,19H,10-11H2,1-9H3. The largest absolute Gasteiger partial charge is 0.496 e. The number of benzene rings is 1. The highest BCUT2D eigenvalue weighted by atomic mass is 28.3. The van der Waals surface area contributed by atoms with Crippen LogP contribution >= 0.6 is 0 Å². The molecule has 0 saturated heterocycles. The van der Waals surface area contributed by atoms with Gasteiger partial charge in [0.2, 0.25) is 0 Å². The minimum Gasteiger partial charge on any atom is -0.496 e. The molecule has 0 fully saturated rings. The summed E-state index contributed by atoms with van der Waals surface area (Å²) in [5, 5.41) is 0. The smallest absolute Gasteiger partial charge is 0.126 e. The van der Waals surface area contributed by atoms with Crippen molar-refractivity contribution in [1.82, 2.24) is 0 Å². The van der Waals surface area contributed by atoms with E-state index in [4.69, 9.17) is 4.74 Å². The normalized spacial score (nSPS) is 18.2. The van der Waals surface area contributed by atoms with Gasteiger partial charge in [-0.2, -0.15) is 0 Å². The average molecular weight is 371 g/mol. The molecule has 0 radical (unpaired) electrons. The third kappa shape index (κ3) is 3.71. The van der Waals surface area contributed by atoms with Gasteiger partial charge in [-0.15, -0.1) is 0 Å². The highest BCUT2D eigenvalue weighted by molar-refractivity contribution is 6.78. The van der Waals surface area contributed by atoms with Gasteiger partial charge in [-0.3, -0.25) is 0 Å². The van der Waals surface area contributed by atoms with Crippen LogP contribution in [-0.4, -0.2) is 15.2 Å². The van der Waals surface area contributed by atoms with Crippen LogP contribution in [0.4, 0.5) is 0 Å². The molecule has 1 nitrogen and oxygen atoms in total. The Morgan fingerprint density at radius 3 is 2.00 bits per heavy atom. The maximum atomic E-state index is 6.02. The Hall–Kier alpha value is -1.28. The van der Waals surface area contributed by atoms with Crippen LogP contribution in [0.2, 0.25) is 25.2 Å². The Bertz CT molecular complexity index is 694. The fraction of sp³-hybridized carbons (Fsp3) is 0.583. The fourth-order valence-corrected chi connectivity index (χ4v) is 5.64. The van der Waals surface area contributed by atoms with Crippen LogP contribution in [0.5, 0.6) is 5.75 Å². The van der Waals surface area contributed by atoms with E-state index in [1.54, 1.807) is 0 Å². The predicted molar refractivity (Wildman–Crippen MR) is 118 cm³/mol. The Balaban J connectivity index is 2.68. The van der Waals surface area contributed by atoms with Crippen molar-refractivity contribution in [2.45, 2.75) is 83.5 Å². The van der Waals surface area contributed by atoms with Gasteiger partial charge in [-0.25, -0.2) is 0 Å². The lowest BCUT2D eigenvalue weighted by Gasteiger charge is -2.37. The maximum Gasteiger partial charge on any atom is 0.126 e. The van der Waals surface area contributed by atoms with Gasteiger partial charge in [0.05, 0.1) is 15.2 Å². The summed E-state index contributed by atoms with van der Waals surface area (Å²) < 4.78 is 6.02. The highest BCUT2D eigenvalue weighted by Gasteiger charge is 2.39. The van der Waals surface area contributed by atoms with E-state index in [0.29, 0.717) is 5.54 Å². The fourth-order valence-electron chi connectivity index (χ4n) is 4.29. The number of hydrogen-bond acceptors (Lipinski definition) is 1. The SMILES string of the molecule is CCC(CC)(C1=CC([Si](C)(C)C)C=C1)c1cccc(C(C)(C)C)c1OC. The molecule has 1 aromatic rings. The van der Waals surface area contributed by atoms with Gasteiger partial charge in [0.25, 0.3) is 0 Å². The van der Waals surface area contributed by atoms with Crippen LogP contribution in [0.3, 0.4) is 0 Å². The van der Waals surface area contributed by atoms with Gasteiger partial charge in [0.15, 0.2) is 0 Å². The third-order valence-electron chi connectivity index (χ3n) is 6.14. The molecule has 0 N–H and O–H groups in total. The first-order valence-electron chi connectivity index (χ1n) is 10.1. The number of para-hydroxylation sites is 1. The van der Waals surface area contributed by atoms with Crippen molar-refractivity contribution in [2.75, 3.05) is 7.11 Å². The molecule has 1 aliphatic rings. The average Bonchev–Trinajstić information content (AvgIpc) is 3.06. The van der Waals surface area contributed by atoms with E-state index in [-0.39, 0.29) is 10.8 Å². The first-order chi connectivity index (χ1) is 12.0. The zero-order chi connectivity index (χ0) is 19.8. The van der Waals surface area contributed by atoms with Gasteiger partial charge < -0.3 is 4.74 Å². The molecule has 1 aromatic carbocycles. The molecule has 0 spiro atoms. The predicted octanol–water partition coefficient (Wildman–Crippen LogP) is 7.26. The first-order valence-corrected chi connectivity index (χ1v) is 13.7. The molecular formula is C24H38OSi. The summed E-state index contributed by atoms with van der Waals surface area (Å²) in [5.74, 6) is 1.08. The lowest BCUT2D eigenvalue weighted by atomic mass is 9.68. The lowest BCUT2D eigenvalue weighted by molar-refractivity contribution is 0.371. The van der Waals surface area contributed by atoms with Gasteiger partial charge in [0, 0.05) is 11.0 Å². The van der Waals surface area contributed by atoms with Gasteiger partial charge >= 0.3 is 0 Å². The number of methoxy groups -OCH3 is 1. The molecule has 0 amide bonds. The molecule has 1 unspecified atom stereocenters. The zero-order valence-electron chi connectivity index (χ0n) is 18.4. The van der Waals surface area contributed by atoms with Crippen LogP contribution in [0.15, 0.2) is 42.0 Å². The van der Waals surface area contributed by atoms with E-state index >= 15 is 0 Å². The van der Waals surface area contributed by atoms with Crippen LogP contribution in [0.25, 0.3) is 0 Å². The maximum absolute atomic E-state index is 6.02. The molecule has 1 atom stereocenters. The summed E-state index contributed by atoms with van der Waals surface area (Å²) in [7, 11) is 0.599. The first kappa shape index (κ1) is 21.0. The van der Waals surface area contributed by atoms with Crippen molar-refractivity contribution in [3.8, 4) is 5.75 Å². The number of ether oxygens (including phenoxy) is 1. The molecule has 0 saturated carbocycles. The Labute approximate surface area is 162 Å². The second-order valence-corrected chi connectivity index (χ2v) is 15.2. The van der Waals surface area contributed by atoms with Crippen LogP contribution in [0.1, 0.15) is 58.6 Å². The molecule has 0 heterocycles. The van der Waals surface area contributed by atoms with Crippen molar-refractivity contribution in [3.63, 3.8) is 0 Å². The van der Waals surface area contributed by atoms with Gasteiger partial charge in [-0.1, -0.05) is 90.7 Å². The molecule has 0 bridgehead atoms. The molecule has 144 valence electrons. The Morgan fingerprint density at radius 2 is 1.58 bits per heavy atom. The van der Waals surface area contributed by atoms with E-state index in [1.807, 2.05) is 7.11 Å². The summed E-state index contributed by atoms with van der Waals surface area (Å²) >= 11 is 0. The Morgan fingerprint density at radius 1 is 1.00 bits per heavy atom. The monoisotopic (exact) mass is 370 g/mol. The summed E-state index contributed by atoms with van der Waals surface area (Å²) in [6, 6.07) is 6.73. The van der Waals surface area contributed by atoms with E-state index in [1.165, 1.54) is 16.7 Å². The van der Waals surface area contributed by atoms with E-state index in [0.717, 1.165) is 18.6 Å². The van der Waals surface area contributed by atoms with Gasteiger partial charge in [-0.05, 0) is 34.9 Å². The zero-order valence-corrected chi connectivity index (χ0v) is 19.4. The molecule has 0 aromatic heterocycles. The van der Waals surface area contributed by atoms with E-state index < -0.39 is 8.07 Å². The summed E-state index contributed by atoms with van der Waals surface area (Å²) in [5.41, 5.74) is 4.86. The van der Waals surface area contributed by atoms with E-state index in [2.05, 4.69) is 90.7 Å². The molecular weight excluding hydrogens is 332 g/mol. The number of hydrogen-bond donors (Lipinski definition) is 0. The molecule has 2 heteroatoms. The van der Waals surface area contributed by atoms with Crippen molar-refractivity contribution >= 4 is 8.07 Å². The molecule has 2 rings (SSSR count). The topological polar surface area (TPSA) is 9.23 Å². The second-order valence-electron chi connectivity index (χ2n) is 9.80. The summed E-state index contributed by atoms with van der Waals surface area (Å²) in [6.45, 7) is 18.8. The van der Waals surface area contributed by atoms with Crippen molar-refractivity contribution in [2.24, 2.45) is 0 Å². The van der Waals surface area contributed by atoms with Crippen LogP contribution in [0, 0.1) is 0 Å². The van der Waals surface area contributed by atoms with Crippen molar-refractivity contribution < 1.29 is 4.74 Å². The van der Waals surface area contributed by atoms with Crippen molar-refractivity contribution in [1.29, 1.82) is 0 Å².